The van der Waals surface area contributed by atoms with E-state index in [2.05, 4.69) is 46.5 Å². The van der Waals surface area contributed by atoms with Gasteiger partial charge >= 0.3 is 0 Å². The smallest absolute Gasteiger partial charge is 0.000251 e. The lowest BCUT2D eigenvalue weighted by Crippen LogP contribution is -2.29. The Labute approximate surface area is 90.0 Å². The zero-order valence-corrected chi connectivity index (χ0v) is 10.6. The molecule has 1 N–H and O–H groups in total. The molecule has 84 valence electrons. The minimum Gasteiger partial charge on any atom is -0.316 e. The molecule has 0 saturated heterocycles. The third kappa shape index (κ3) is 6.20. The molecule has 0 aliphatic rings. The molecular formula is C13H27N. The van der Waals surface area contributed by atoms with E-state index in [-0.39, 0.29) is 0 Å². The summed E-state index contributed by atoms with van der Waals surface area (Å²) in [5.74, 6) is 0.630. The molecule has 0 amide bonds. The first-order valence-electron chi connectivity index (χ1n) is 5.77. The minimum absolute atomic E-state index is 0.397. The van der Waals surface area contributed by atoms with Crippen LogP contribution in [0.5, 0.6) is 0 Å². The van der Waals surface area contributed by atoms with Crippen molar-refractivity contribution in [2.75, 3.05) is 13.1 Å². The Balaban J connectivity index is 3.80. The van der Waals surface area contributed by atoms with Crippen LogP contribution in [0.15, 0.2) is 12.2 Å². The minimum atomic E-state index is 0.397. The van der Waals surface area contributed by atoms with Gasteiger partial charge in [-0.1, -0.05) is 46.8 Å². The number of allylic oxidation sites excluding steroid dienone is 1. The fraction of sp³-hybridized carbons (Fsp3) is 0.846. The van der Waals surface area contributed by atoms with Gasteiger partial charge in [-0.2, -0.15) is 0 Å². The van der Waals surface area contributed by atoms with Crippen molar-refractivity contribution >= 4 is 0 Å². The Kier molecular flexibility index (Phi) is 6.10. The van der Waals surface area contributed by atoms with E-state index in [1.165, 1.54) is 12.0 Å². The Morgan fingerprint density at radius 3 is 2.36 bits per heavy atom. The van der Waals surface area contributed by atoms with Crippen LogP contribution in [0, 0.1) is 11.3 Å². The normalized spacial score (nSPS) is 12.1. The molecule has 0 unspecified atom stereocenters. The van der Waals surface area contributed by atoms with Gasteiger partial charge in [-0.05, 0) is 30.7 Å². The summed E-state index contributed by atoms with van der Waals surface area (Å²) in [6, 6.07) is 0. The van der Waals surface area contributed by atoms with Gasteiger partial charge in [-0.15, -0.1) is 0 Å². The first kappa shape index (κ1) is 13.7. The molecule has 14 heavy (non-hydrogen) atoms. The monoisotopic (exact) mass is 197 g/mol. The van der Waals surface area contributed by atoms with Gasteiger partial charge in [-0.3, -0.25) is 0 Å². The fourth-order valence-electron chi connectivity index (χ4n) is 1.34. The molecule has 0 aromatic heterocycles. The summed E-state index contributed by atoms with van der Waals surface area (Å²) in [5.41, 5.74) is 1.78. The van der Waals surface area contributed by atoms with Crippen molar-refractivity contribution < 1.29 is 0 Å². The topological polar surface area (TPSA) is 12.0 Å². The Bertz CT molecular complexity index is 168. The second-order valence-corrected chi connectivity index (χ2v) is 5.26. The maximum Gasteiger partial charge on any atom is 0.000251 e. The highest BCUT2D eigenvalue weighted by molar-refractivity contribution is 4.98. The lowest BCUT2D eigenvalue weighted by atomic mass is 9.84. The molecule has 0 saturated carbocycles. The molecule has 0 atom stereocenters. The van der Waals surface area contributed by atoms with E-state index in [9.17, 15) is 0 Å². The zero-order valence-electron chi connectivity index (χ0n) is 10.6. The SMILES string of the molecule is C=C(CCC(C)(C)CNCC)C(C)C. The third-order valence-electron chi connectivity index (χ3n) is 2.79. The summed E-state index contributed by atoms with van der Waals surface area (Å²) in [6.45, 7) is 17.5. The summed E-state index contributed by atoms with van der Waals surface area (Å²) in [6.07, 6.45) is 2.40. The molecule has 0 heterocycles. The van der Waals surface area contributed by atoms with Gasteiger partial charge in [-0.25, -0.2) is 0 Å². The lowest BCUT2D eigenvalue weighted by Gasteiger charge is -2.25. The van der Waals surface area contributed by atoms with Gasteiger partial charge in [0.05, 0.1) is 0 Å². The van der Waals surface area contributed by atoms with Gasteiger partial charge in [0.2, 0.25) is 0 Å². The molecule has 0 fully saturated rings. The standard InChI is InChI=1S/C13H27N/c1-7-14-10-13(5,6)9-8-12(4)11(2)3/h11,14H,4,7-10H2,1-3,5-6H3. The maximum absolute atomic E-state index is 4.12. The summed E-state index contributed by atoms with van der Waals surface area (Å²) < 4.78 is 0. The molecular weight excluding hydrogens is 170 g/mol. The molecule has 0 aromatic carbocycles. The van der Waals surface area contributed by atoms with Crippen molar-refractivity contribution in [1.29, 1.82) is 0 Å². The van der Waals surface area contributed by atoms with Crippen LogP contribution in [0.2, 0.25) is 0 Å². The Hall–Kier alpha value is -0.300. The predicted octanol–water partition coefficient (Wildman–Crippen LogP) is 3.61. The molecule has 0 radical (unpaired) electrons. The second kappa shape index (κ2) is 6.23. The van der Waals surface area contributed by atoms with Crippen LogP contribution in [0.3, 0.4) is 0 Å². The highest BCUT2D eigenvalue weighted by Crippen LogP contribution is 2.25. The van der Waals surface area contributed by atoms with E-state index >= 15 is 0 Å². The van der Waals surface area contributed by atoms with Gasteiger partial charge in [0.1, 0.15) is 0 Å². The van der Waals surface area contributed by atoms with E-state index < -0.39 is 0 Å². The van der Waals surface area contributed by atoms with Crippen LogP contribution >= 0.6 is 0 Å². The van der Waals surface area contributed by atoms with Crippen LogP contribution in [0.4, 0.5) is 0 Å². The Morgan fingerprint density at radius 2 is 1.93 bits per heavy atom. The largest absolute Gasteiger partial charge is 0.316 e. The summed E-state index contributed by atoms with van der Waals surface area (Å²) in [4.78, 5) is 0. The number of hydrogen-bond donors (Lipinski definition) is 1. The van der Waals surface area contributed by atoms with Crippen molar-refractivity contribution in [2.24, 2.45) is 11.3 Å². The van der Waals surface area contributed by atoms with Crippen molar-refractivity contribution in [3.05, 3.63) is 12.2 Å². The highest BCUT2D eigenvalue weighted by Gasteiger charge is 2.17. The summed E-state index contributed by atoms with van der Waals surface area (Å²) >= 11 is 0. The van der Waals surface area contributed by atoms with Crippen molar-refractivity contribution in [2.45, 2.75) is 47.5 Å². The first-order valence-corrected chi connectivity index (χ1v) is 5.77. The van der Waals surface area contributed by atoms with Gasteiger partial charge in [0.25, 0.3) is 0 Å². The average molecular weight is 197 g/mol. The average Bonchev–Trinajstić information content (AvgIpc) is 2.11. The molecule has 1 nitrogen and oxygen atoms in total. The van der Waals surface area contributed by atoms with Crippen LogP contribution in [-0.4, -0.2) is 13.1 Å². The molecule has 0 bridgehead atoms. The molecule has 1 heteroatoms. The highest BCUT2D eigenvalue weighted by atomic mass is 14.9. The van der Waals surface area contributed by atoms with Gasteiger partial charge < -0.3 is 5.32 Å². The predicted molar refractivity (Wildman–Crippen MR) is 65.5 cm³/mol. The summed E-state index contributed by atoms with van der Waals surface area (Å²) in [7, 11) is 0. The molecule has 0 rings (SSSR count). The molecule has 0 aliphatic heterocycles. The number of nitrogens with one attached hydrogen (secondary N) is 1. The number of rotatable bonds is 7. The molecule has 0 spiro atoms. The zero-order chi connectivity index (χ0) is 11.2. The van der Waals surface area contributed by atoms with E-state index in [1.54, 1.807) is 0 Å². The molecule has 0 aromatic rings. The fourth-order valence-corrected chi connectivity index (χ4v) is 1.34. The molecule has 0 aliphatic carbocycles. The number of hydrogen-bond acceptors (Lipinski definition) is 1. The maximum atomic E-state index is 4.12. The lowest BCUT2D eigenvalue weighted by molar-refractivity contribution is 0.314. The van der Waals surface area contributed by atoms with Gasteiger partial charge in [0, 0.05) is 6.54 Å². The van der Waals surface area contributed by atoms with E-state index in [0.717, 1.165) is 19.5 Å². The van der Waals surface area contributed by atoms with Crippen LogP contribution in [-0.2, 0) is 0 Å². The van der Waals surface area contributed by atoms with Crippen molar-refractivity contribution in [1.82, 2.24) is 5.32 Å². The van der Waals surface area contributed by atoms with Crippen LogP contribution < -0.4 is 5.32 Å². The van der Waals surface area contributed by atoms with E-state index in [4.69, 9.17) is 0 Å². The quantitative estimate of drug-likeness (QED) is 0.615. The third-order valence-corrected chi connectivity index (χ3v) is 2.79. The second-order valence-electron chi connectivity index (χ2n) is 5.26. The van der Waals surface area contributed by atoms with Crippen molar-refractivity contribution in [3.8, 4) is 0 Å². The van der Waals surface area contributed by atoms with Crippen molar-refractivity contribution in [3.63, 3.8) is 0 Å². The van der Waals surface area contributed by atoms with Crippen LogP contribution in [0.1, 0.15) is 47.5 Å². The van der Waals surface area contributed by atoms with Gasteiger partial charge in [0.15, 0.2) is 0 Å². The van der Waals surface area contributed by atoms with E-state index in [0.29, 0.717) is 11.3 Å². The summed E-state index contributed by atoms with van der Waals surface area (Å²) in [5, 5.41) is 3.41. The van der Waals surface area contributed by atoms with Crippen LogP contribution in [0.25, 0.3) is 0 Å². The van der Waals surface area contributed by atoms with E-state index in [1.807, 2.05) is 0 Å². The Morgan fingerprint density at radius 1 is 1.36 bits per heavy atom. The first-order chi connectivity index (χ1) is 6.39.